The second-order valence-corrected chi connectivity index (χ2v) is 5.74. The topological polar surface area (TPSA) is 71.3 Å². The van der Waals surface area contributed by atoms with E-state index in [-0.39, 0.29) is 17.4 Å². The van der Waals surface area contributed by atoms with Gasteiger partial charge in [0.25, 0.3) is 5.91 Å². The molecule has 1 atom stereocenters. The largest absolute Gasteiger partial charge is 0.459 e. The Labute approximate surface area is 142 Å². The third-order valence-electron chi connectivity index (χ3n) is 3.44. The summed E-state index contributed by atoms with van der Waals surface area (Å²) in [4.78, 5) is 24.4. The Morgan fingerprint density at radius 1 is 1.12 bits per heavy atom. The van der Waals surface area contributed by atoms with Gasteiger partial charge < -0.3 is 15.1 Å². The van der Waals surface area contributed by atoms with E-state index in [1.807, 2.05) is 0 Å². The molecule has 2 amide bonds. The van der Waals surface area contributed by atoms with Crippen molar-refractivity contribution in [3.8, 4) is 0 Å². The fraction of sp³-hybridized carbons (Fsp3) is 0.294. The molecule has 0 aliphatic carbocycles. The van der Waals surface area contributed by atoms with E-state index >= 15 is 0 Å². The van der Waals surface area contributed by atoms with Crippen molar-refractivity contribution in [2.75, 3.05) is 5.32 Å². The van der Waals surface area contributed by atoms with Gasteiger partial charge in [0.1, 0.15) is 6.04 Å². The van der Waals surface area contributed by atoms with E-state index in [0.717, 1.165) is 12.1 Å². The van der Waals surface area contributed by atoms with Gasteiger partial charge in [0.15, 0.2) is 5.76 Å². The number of amides is 2. The van der Waals surface area contributed by atoms with Gasteiger partial charge in [0.2, 0.25) is 5.91 Å². The van der Waals surface area contributed by atoms with E-state index in [2.05, 4.69) is 10.6 Å². The number of alkyl halides is 3. The number of hydrogen-bond donors (Lipinski definition) is 2. The van der Waals surface area contributed by atoms with E-state index < -0.39 is 29.6 Å². The van der Waals surface area contributed by atoms with Gasteiger partial charge in [-0.2, -0.15) is 13.2 Å². The van der Waals surface area contributed by atoms with Gasteiger partial charge in [-0.1, -0.05) is 19.9 Å². The third kappa shape index (κ3) is 4.85. The molecular weight excluding hydrogens is 337 g/mol. The van der Waals surface area contributed by atoms with Crippen LogP contribution in [-0.2, 0) is 11.0 Å². The molecule has 5 nitrogen and oxygen atoms in total. The number of rotatable bonds is 5. The van der Waals surface area contributed by atoms with Crippen LogP contribution in [0.5, 0.6) is 0 Å². The molecule has 2 N–H and O–H groups in total. The number of nitrogens with one attached hydrogen (secondary N) is 2. The van der Waals surface area contributed by atoms with E-state index in [9.17, 15) is 22.8 Å². The van der Waals surface area contributed by atoms with Gasteiger partial charge in [0, 0.05) is 5.69 Å². The average Bonchev–Trinajstić information content (AvgIpc) is 3.06. The molecule has 0 saturated heterocycles. The Kier molecular flexibility index (Phi) is 5.51. The molecule has 1 heterocycles. The quantitative estimate of drug-likeness (QED) is 0.860. The summed E-state index contributed by atoms with van der Waals surface area (Å²) in [5.74, 6) is -1.45. The first-order chi connectivity index (χ1) is 11.7. The average molecular weight is 354 g/mol. The minimum absolute atomic E-state index is 0.00211. The van der Waals surface area contributed by atoms with Crippen LogP contribution in [-0.4, -0.2) is 17.9 Å². The van der Waals surface area contributed by atoms with Gasteiger partial charge in [-0.05, 0) is 36.2 Å². The highest BCUT2D eigenvalue weighted by Crippen LogP contribution is 2.30. The van der Waals surface area contributed by atoms with E-state index in [1.54, 1.807) is 13.8 Å². The monoisotopic (exact) mass is 354 g/mol. The molecule has 0 saturated carbocycles. The van der Waals surface area contributed by atoms with Crippen molar-refractivity contribution < 1.29 is 27.2 Å². The summed E-state index contributed by atoms with van der Waals surface area (Å²) in [6, 6.07) is 6.33. The van der Waals surface area contributed by atoms with Crippen LogP contribution in [0.1, 0.15) is 30.0 Å². The normalized spacial score (nSPS) is 12.7. The van der Waals surface area contributed by atoms with Crippen LogP contribution in [0.3, 0.4) is 0 Å². The number of anilines is 1. The minimum atomic E-state index is -4.51. The van der Waals surface area contributed by atoms with Crippen molar-refractivity contribution in [3.63, 3.8) is 0 Å². The Morgan fingerprint density at radius 3 is 2.40 bits per heavy atom. The van der Waals surface area contributed by atoms with Crippen LogP contribution in [0.25, 0.3) is 0 Å². The van der Waals surface area contributed by atoms with Crippen molar-refractivity contribution >= 4 is 17.5 Å². The first kappa shape index (κ1) is 18.6. The summed E-state index contributed by atoms with van der Waals surface area (Å²) in [7, 11) is 0. The second-order valence-electron chi connectivity index (χ2n) is 5.74. The van der Waals surface area contributed by atoms with Crippen molar-refractivity contribution in [1.29, 1.82) is 0 Å². The molecule has 0 aliphatic heterocycles. The van der Waals surface area contributed by atoms with Crippen molar-refractivity contribution in [1.82, 2.24) is 5.32 Å². The molecule has 0 spiro atoms. The first-order valence-corrected chi connectivity index (χ1v) is 7.51. The Hall–Kier alpha value is -2.77. The smallest absolute Gasteiger partial charge is 0.416 e. The third-order valence-corrected chi connectivity index (χ3v) is 3.44. The number of benzene rings is 1. The molecule has 0 unspecified atom stereocenters. The summed E-state index contributed by atoms with van der Waals surface area (Å²) >= 11 is 0. The molecule has 2 aromatic rings. The highest BCUT2D eigenvalue weighted by atomic mass is 19.4. The maximum absolute atomic E-state index is 12.7. The lowest BCUT2D eigenvalue weighted by molar-refractivity contribution is -0.137. The highest BCUT2D eigenvalue weighted by molar-refractivity contribution is 6.00. The molecule has 0 bridgehead atoms. The zero-order valence-electron chi connectivity index (χ0n) is 13.6. The van der Waals surface area contributed by atoms with Gasteiger partial charge in [0.05, 0.1) is 11.8 Å². The van der Waals surface area contributed by atoms with Gasteiger partial charge in [-0.15, -0.1) is 0 Å². The predicted octanol–water partition coefficient (Wildman–Crippen LogP) is 3.69. The fourth-order valence-electron chi connectivity index (χ4n) is 2.15. The molecule has 0 radical (unpaired) electrons. The molecular formula is C17H17F3N2O3. The van der Waals surface area contributed by atoms with E-state index in [1.165, 1.54) is 30.5 Å². The lowest BCUT2D eigenvalue weighted by Crippen LogP contribution is -2.47. The lowest BCUT2D eigenvalue weighted by atomic mass is 10.0. The Morgan fingerprint density at radius 2 is 1.84 bits per heavy atom. The molecule has 134 valence electrons. The molecule has 1 aromatic carbocycles. The van der Waals surface area contributed by atoms with Crippen LogP contribution in [0, 0.1) is 5.92 Å². The standard InChI is InChI=1S/C17H17F3N2O3/c1-10(2)14(22-15(23)13-7-4-8-25-13)16(24)21-12-6-3-5-11(9-12)17(18,19)20/h3-10,14H,1-2H3,(H,21,24)(H,22,23)/t14-/m0/s1. The van der Waals surface area contributed by atoms with Gasteiger partial charge in [-0.3, -0.25) is 9.59 Å². The van der Waals surface area contributed by atoms with Crippen molar-refractivity contribution in [3.05, 3.63) is 54.0 Å². The summed E-state index contributed by atoms with van der Waals surface area (Å²) in [6.07, 6.45) is -3.19. The number of carbonyl (C=O) groups is 2. The van der Waals surface area contributed by atoms with Crippen LogP contribution >= 0.6 is 0 Å². The Bertz CT molecular complexity index is 740. The summed E-state index contributed by atoms with van der Waals surface area (Å²) < 4.78 is 43.2. The zero-order valence-corrected chi connectivity index (χ0v) is 13.6. The summed E-state index contributed by atoms with van der Waals surface area (Å²) in [5, 5.41) is 4.92. The first-order valence-electron chi connectivity index (χ1n) is 7.51. The molecule has 0 fully saturated rings. The molecule has 1 aromatic heterocycles. The number of halogens is 3. The molecule has 8 heteroatoms. The van der Waals surface area contributed by atoms with Gasteiger partial charge >= 0.3 is 6.18 Å². The maximum Gasteiger partial charge on any atom is 0.416 e. The van der Waals surface area contributed by atoms with Crippen LogP contribution in [0.15, 0.2) is 47.1 Å². The summed E-state index contributed by atoms with van der Waals surface area (Å²) in [5.41, 5.74) is -0.872. The zero-order chi connectivity index (χ0) is 18.6. The SMILES string of the molecule is CC(C)[C@H](NC(=O)c1ccco1)C(=O)Nc1cccc(C(F)(F)F)c1. The number of hydrogen-bond acceptors (Lipinski definition) is 3. The highest BCUT2D eigenvalue weighted by Gasteiger charge is 2.31. The fourth-order valence-corrected chi connectivity index (χ4v) is 2.15. The molecule has 2 rings (SSSR count). The lowest BCUT2D eigenvalue weighted by Gasteiger charge is -2.21. The van der Waals surface area contributed by atoms with Crippen LogP contribution in [0.2, 0.25) is 0 Å². The van der Waals surface area contributed by atoms with E-state index in [0.29, 0.717) is 0 Å². The van der Waals surface area contributed by atoms with Crippen LogP contribution in [0.4, 0.5) is 18.9 Å². The number of carbonyl (C=O) groups excluding carboxylic acids is 2. The second kappa shape index (κ2) is 7.42. The maximum atomic E-state index is 12.7. The Balaban J connectivity index is 2.12. The number of furan rings is 1. The molecule has 0 aliphatic rings. The molecule has 25 heavy (non-hydrogen) atoms. The van der Waals surface area contributed by atoms with Crippen molar-refractivity contribution in [2.24, 2.45) is 5.92 Å². The predicted molar refractivity (Wildman–Crippen MR) is 84.9 cm³/mol. The van der Waals surface area contributed by atoms with E-state index in [4.69, 9.17) is 4.42 Å². The van der Waals surface area contributed by atoms with Gasteiger partial charge in [-0.25, -0.2) is 0 Å². The van der Waals surface area contributed by atoms with Crippen molar-refractivity contribution in [2.45, 2.75) is 26.1 Å². The summed E-state index contributed by atoms with van der Waals surface area (Å²) in [6.45, 7) is 3.41. The van der Waals surface area contributed by atoms with Crippen LogP contribution < -0.4 is 10.6 Å². The minimum Gasteiger partial charge on any atom is -0.459 e.